The fourth-order valence-electron chi connectivity index (χ4n) is 3.72. The highest BCUT2D eigenvalue weighted by molar-refractivity contribution is 5.89. The number of amides is 2. The number of rotatable bonds is 8. The molecule has 3 rings (SSSR count). The van der Waals surface area contributed by atoms with Gasteiger partial charge < -0.3 is 15.0 Å². The first-order valence-corrected chi connectivity index (χ1v) is 9.78. The lowest BCUT2D eigenvalue weighted by atomic mass is 9.98. The minimum Gasteiger partial charge on any atom is -0.378 e. The van der Waals surface area contributed by atoms with Gasteiger partial charge in [0.05, 0.1) is 12.0 Å². The Morgan fingerprint density at radius 1 is 1.31 bits per heavy atom. The van der Waals surface area contributed by atoms with Crippen molar-refractivity contribution in [1.29, 1.82) is 0 Å². The van der Waals surface area contributed by atoms with Crippen LogP contribution in [0.25, 0.3) is 0 Å². The zero-order valence-electron chi connectivity index (χ0n) is 15.4. The molecule has 1 aliphatic carbocycles. The summed E-state index contributed by atoms with van der Waals surface area (Å²) in [4.78, 5) is 30.3. The van der Waals surface area contributed by atoms with E-state index in [2.05, 4.69) is 10.3 Å². The van der Waals surface area contributed by atoms with E-state index < -0.39 is 0 Å². The Kier molecular flexibility index (Phi) is 7.00. The van der Waals surface area contributed by atoms with Gasteiger partial charge in [0, 0.05) is 45.1 Å². The van der Waals surface area contributed by atoms with Gasteiger partial charge in [-0.1, -0.05) is 25.3 Å². The van der Waals surface area contributed by atoms with Crippen molar-refractivity contribution < 1.29 is 14.3 Å². The number of hydrogen-bond donors (Lipinski definition) is 1. The van der Waals surface area contributed by atoms with Crippen molar-refractivity contribution in [2.24, 2.45) is 5.92 Å². The highest BCUT2D eigenvalue weighted by Crippen LogP contribution is 2.21. The number of aromatic nitrogens is 1. The van der Waals surface area contributed by atoms with Crippen molar-refractivity contribution in [1.82, 2.24) is 15.2 Å². The number of nitrogens with zero attached hydrogens (tertiary/aromatic N) is 2. The second kappa shape index (κ2) is 9.67. The van der Waals surface area contributed by atoms with Gasteiger partial charge >= 0.3 is 0 Å². The van der Waals surface area contributed by atoms with E-state index in [-0.39, 0.29) is 17.7 Å². The Morgan fingerprint density at radius 3 is 2.92 bits per heavy atom. The van der Waals surface area contributed by atoms with Crippen molar-refractivity contribution in [3.63, 3.8) is 0 Å². The Labute approximate surface area is 155 Å². The van der Waals surface area contributed by atoms with E-state index >= 15 is 0 Å². The number of carbonyl (C=O) groups is 2. The second-order valence-electron chi connectivity index (χ2n) is 7.31. The molecule has 0 bridgehead atoms. The highest BCUT2D eigenvalue weighted by atomic mass is 16.5. The normalized spacial score (nSPS) is 21.2. The molecule has 1 aromatic rings. The van der Waals surface area contributed by atoms with Gasteiger partial charge in [-0.25, -0.2) is 0 Å². The molecule has 0 aromatic carbocycles. The van der Waals surface area contributed by atoms with Crippen LogP contribution in [0.4, 0.5) is 0 Å². The van der Waals surface area contributed by atoms with Gasteiger partial charge in [0.25, 0.3) is 0 Å². The Bertz CT molecular complexity index is 587. The summed E-state index contributed by atoms with van der Waals surface area (Å²) >= 11 is 0. The van der Waals surface area contributed by atoms with E-state index in [0.717, 1.165) is 12.0 Å². The third-order valence-electron chi connectivity index (χ3n) is 5.21. The lowest BCUT2D eigenvalue weighted by Crippen LogP contribution is -2.34. The third-order valence-corrected chi connectivity index (χ3v) is 5.21. The Morgan fingerprint density at radius 2 is 2.15 bits per heavy atom. The van der Waals surface area contributed by atoms with E-state index in [0.29, 0.717) is 38.8 Å². The minimum atomic E-state index is -0.251. The van der Waals surface area contributed by atoms with Gasteiger partial charge in [-0.05, 0) is 30.9 Å². The predicted molar refractivity (Wildman–Crippen MR) is 98.2 cm³/mol. The molecule has 6 nitrogen and oxygen atoms in total. The standard InChI is InChI=1S/C20H29N3O3/c24-19-12-17(15-23(19)14-16-6-4-9-21-13-16)20(25)22-10-5-11-26-18-7-2-1-3-8-18/h4,6,9,13,17-18H,1-3,5,7-8,10-12,14-15H2,(H,22,25). The lowest BCUT2D eigenvalue weighted by Gasteiger charge is -2.22. The first kappa shape index (κ1) is 18.8. The molecular formula is C20H29N3O3. The van der Waals surface area contributed by atoms with Gasteiger partial charge in [-0.15, -0.1) is 0 Å². The molecule has 142 valence electrons. The molecule has 0 radical (unpaired) electrons. The van der Waals surface area contributed by atoms with Crippen LogP contribution in [-0.2, 0) is 20.9 Å². The molecule has 26 heavy (non-hydrogen) atoms. The summed E-state index contributed by atoms with van der Waals surface area (Å²) in [7, 11) is 0. The van der Waals surface area contributed by atoms with Crippen LogP contribution in [0, 0.1) is 5.92 Å². The zero-order valence-corrected chi connectivity index (χ0v) is 15.4. The molecule has 1 aliphatic heterocycles. The summed E-state index contributed by atoms with van der Waals surface area (Å²) in [5.74, 6) is -0.238. The van der Waals surface area contributed by atoms with Crippen LogP contribution in [0.5, 0.6) is 0 Å². The number of hydrogen-bond acceptors (Lipinski definition) is 4. The number of pyridine rings is 1. The first-order valence-electron chi connectivity index (χ1n) is 9.78. The molecule has 1 aromatic heterocycles. The van der Waals surface area contributed by atoms with Gasteiger partial charge in [0.15, 0.2) is 0 Å². The van der Waals surface area contributed by atoms with E-state index in [1.807, 2.05) is 12.1 Å². The average Bonchev–Trinajstić information content (AvgIpc) is 3.03. The summed E-state index contributed by atoms with van der Waals surface area (Å²) in [6.07, 6.45) is 11.2. The van der Waals surface area contributed by atoms with Crippen LogP contribution in [0.3, 0.4) is 0 Å². The van der Waals surface area contributed by atoms with E-state index in [1.165, 1.54) is 32.1 Å². The molecular weight excluding hydrogens is 330 g/mol. The average molecular weight is 359 g/mol. The van der Waals surface area contributed by atoms with Crippen molar-refractivity contribution in [3.8, 4) is 0 Å². The molecule has 1 unspecified atom stereocenters. The number of ether oxygens (including phenoxy) is 1. The summed E-state index contributed by atoms with van der Waals surface area (Å²) in [5, 5.41) is 2.96. The maximum atomic E-state index is 12.3. The summed E-state index contributed by atoms with van der Waals surface area (Å²) in [6, 6.07) is 3.80. The second-order valence-corrected chi connectivity index (χ2v) is 7.31. The van der Waals surface area contributed by atoms with Crippen LogP contribution in [0.1, 0.15) is 50.5 Å². The summed E-state index contributed by atoms with van der Waals surface area (Å²) in [5.41, 5.74) is 0.988. The van der Waals surface area contributed by atoms with Gasteiger partial charge in [0.1, 0.15) is 0 Å². The van der Waals surface area contributed by atoms with E-state index in [4.69, 9.17) is 4.74 Å². The lowest BCUT2D eigenvalue weighted by molar-refractivity contribution is -0.129. The van der Waals surface area contributed by atoms with Crippen molar-refractivity contribution in [2.45, 2.75) is 57.6 Å². The van der Waals surface area contributed by atoms with Crippen LogP contribution in [0.15, 0.2) is 24.5 Å². The molecule has 1 saturated carbocycles. The molecule has 2 aliphatic rings. The van der Waals surface area contributed by atoms with Crippen LogP contribution < -0.4 is 5.32 Å². The van der Waals surface area contributed by atoms with Crippen molar-refractivity contribution in [3.05, 3.63) is 30.1 Å². The smallest absolute Gasteiger partial charge is 0.225 e. The first-order chi connectivity index (χ1) is 12.7. The summed E-state index contributed by atoms with van der Waals surface area (Å²) in [6.45, 7) is 2.31. The number of nitrogens with one attached hydrogen (secondary N) is 1. The van der Waals surface area contributed by atoms with E-state index in [9.17, 15) is 9.59 Å². The monoisotopic (exact) mass is 359 g/mol. The zero-order chi connectivity index (χ0) is 18.2. The fraction of sp³-hybridized carbons (Fsp3) is 0.650. The third kappa shape index (κ3) is 5.53. The van der Waals surface area contributed by atoms with Gasteiger partial charge in [0.2, 0.25) is 11.8 Å². The maximum Gasteiger partial charge on any atom is 0.225 e. The van der Waals surface area contributed by atoms with Crippen LogP contribution in [-0.4, -0.2) is 47.5 Å². The van der Waals surface area contributed by atoms with Gasteiger partial charge in [-0.2, -0.15) is 0 Å². The predicted octanol–water partition coefficient (Wildman–Crippen LogP) is 2.29. The SMILES string of the molecule is O=C(NCCCOC1CCCCC1)C1CC(=O)N(Cc2cccnc2)C1. The topological polar surface area (TPSA) is 71.5 Å². The maximum absolute atomic E-state index is 12.3. The molecule has 0 spiro atoms. The minimum absolute atomic E-state index is 0.0234. The van der Waals surface area contributed by atoms with Crippen molar-refractivity contribution in [2.75, 3.05) is 19.7 Å². The number of carbonyl (C=O) groups excluding carboxylic acids is 2. The molecule has 2 fully saturated rings. The molecule has 6 heteroatoms. The molecule has 1 atom stereocenters. The number of likely N-dealkylation sites (tertiary alicyclic amines) is 1. The molecule has 2 heterocycles. The van der Waals surface area contributed by atoms with Gasteiger partial charge in [-0.3, -0.25) is 14.6 Å². The Hall–Kier alpha value is -1.95. The van der Waals surface area contributed by atoms with Crippen molar-refractivity contribution >= 4 is 11.8 Å². The summed E-state index contributed by atoms with van der Waals surface area (Å²) < 4.78 is 5.87. The fourth-order valence-corrected chi connectivity index (χ4v) is 3.72. The van der Waals surface area contributed by atoms with E-state index in [1.54, 1.807) is 17.3 Å². The highest BCUT2D eigenvalue weighted by Gasteiger charge is 2.34. The molecule has 2 amide bonds. The molecule has 1 N–H and O–H groups in total. The van der Waals surface area contributed by atoms with Crippen LogP contribution >= 0.6 is 0 Å². The molecule has 1 saturated heterocycles. The largest absolute Gasteiger partial charge is 0.378 e. The Balaban J connectivity index is 1.32. The van der Waals surface area contributed by atoms with Crippen LogP contribution in [0.2, 0.25) is 0 Å². The quantitative estimate of drug-likeness (QED) is 0.723.